The van der Waals surface area contributed by atoms with Crippen molar-refractivity contribution in [1.29, 1.82) is 0 Å². The molecule has 0 heterocycles. The molecule has 0 saturated heterocycles. The Morgan fingerprint density at radius 1 is 1.40 bits per heavy atom. The summed E-state index contributed by atoms with van der Waals surface area (Å²) < 4.78 is 0. The highest BCUT2D eigenvalue weighted by atomic mass is 35.5. The number of hydrogen-bond donors (Lipinski definition) is 2. The number of carbonyl (C=O) groups excluding carboxylic acids is 2. The van der Waals surface area contributed by atoms with E-state index in [1.165, 1.54) is 7.05 Å². The maximum atomic E-state index is 12.0. The molecule has 1 atom stereocenters. The zero-order valence-corrected chi connectivity index (χ0v) is 12.2. The number of nitrogens with zero attached hydrogens (tertiary/aromatic N) is 1. The number of urea groups is 1. The Balaban J connectivity index is 2.74. The van der Waals surface area contributed by atoms with Crippen LogP contribution in [0.15, 0.2) is 12.2 Å². The minimum atomic E-state index is -0.977. The number of carboxylic acids is 1. The molecule has 0 bridgehead atoms. The van der Waals surface area contributed by atoms with Gasteiger partial charge in [0.25, 0.3) is 0 Å². The number of carboxylic acid groups (broad SMARTS) is 1. The van der Waals surface area contributed by atoms with Gasteiger partial charge in [-0.05, 0) is 19.3 Å². The van der Waals surface area contributed by atoms with Crippen LogP contribution in [0.1, 0.15) is 32.1 Å². The first-order valence-electron chi connectivity index (χ1n) is 6.42. The molecular formula is C13H19ClN2O4. The van der Waals surface area contributed by atoms with Gasteiger partial charge in [0.2, 0.25) is 5.91 Å². The molecule has 0 aliphatic heterocycles. The van der Waals surface area contributed by atoms with Gasteiger partial charge in [-0.1, -0.05) is 12.2 Å². The van der Waals surface area contributed by atoms with Gasteiger partial charge in [-0.2, -0.15) is 0 Å². The quantitative estimate of drug-likeness (QED) is 0.598. The number of hydrogen-bond acceptors (Lipinski definition) is 3. The largest absolute Gasteiger partial charge is 0.481 e. The SMILES string of the molecule is CN(C(=O)CCCl)C(=O)NC1(CC(=O)O)CC=CCC1. The van der Waals surface area contributed by atoms with Crippen LogP contribution in [0.2, 0.25) is 0 Å². The van der Waals surface area contributed by atoms with Gasteiger partial charge in [0.05, 0.1) is 12.0 Å². The minimum Gasteiger partial charge on any atom is -0.481 e. The number of amides is 3. The Morgan fingerprint density at radius 3 is 2.60 bits per heavy atom. The van der Waals surface area contributed by atoms with E-state index >= 15 is 0 Å². The van der Waals surface area contributed by atoms with Crippen LogP contribution in [0, 0.1) is 0 Å². The fourth-order valence-electron chi connectivity index (χ4n) is 2.17. The predicted octanol–water partition coefficient (Wildman–Crippen LogP) is 1.74. The molecule has 0 fully saturated rings. The molecule has 0 saturated carbocycles. The Morgan fingerprint density at radius 2 is 2.10 bits per heavy atom. The van der Waals surface area contributed by atoms with E-state index < -0.39 is 23.4 Å². The van der Waals surface area contributed by atoms with Gasteiger partial charge in [-0.25, -0.2) is 4.79 Å². The highest BCUT2D eigenvalue weighted by Crippen LogP contribution is 2.27. The van der Waals surface area contributed by atoms with E-state index in [1.807, 2.05) is 12.2 Å². The summed E-state index contributed by atoms with van der Waals surface area (Å²) in [4.78, 5) is 35.6. The van der Waals surface area contributed by atoms with E-state index in [0.29, 0.717) is 19.3 Å². The average Bonchev–Trinajstić information content (AvgIpc) is 2.37. The van der Waals surface area contributed by atoms with Crippen molar-refractivity contribution in [1.82, 2.24) is 10.2 Å². The van der Waals surface area contributed by atoms with E-state index in [2.05, 4.69) is 5.32 Å². The van der Waals surface area contributed by atoms with Crippen LogP contribution in [0.25, 0.3) is 0 Å². The molecule has 1 aliphatic carbocycles. The smallest absolute Gasteiger partial charge is 0.324 e. The third kappa shape index (κ3) is 4.52. The van der Waals surface area contributed by atoms with Crippen LogP contribution < -0.4 is 5.32 Å². The normalized spacial score (nSPS) is 21.3. The second-order valence-electron chi connectivity index (χ2n) is 4.89. The molecule has 0 radical (unpaired) electrons. The second kappa shape index (κ2) is 7.28. The molecule has 2 N–H and O–H groups in total. The van der Waals surface area contributed by atoms with Gasteiger partial charge in [0.1, 0.15) is 0 Å². The summed E-state index contributed by atoms with van der Waals surface area (Å²) in [5.41, 5.74) is -0.826. The van der Waals surface area contributed by atoms with Gasteiger partial charge in [-0.15, -0.1) is 11.6 Å². The van der Waals surface area contributed by atoms with Crippen LogP contribution in [0.4, 0.5) is 4.79 Å². The molecule has 6 nitrogen and oxygen atoms in total. The lowest BCUT2D eigenvalue weighted by Gasteiger charge is -2.35. The van der Waals surface area contributed by atoms with Gasteiger partial charge in [0, 0.05) is 19.3 Å². The van der Waals surface area contributed by atoms with E-state index in [1.54, 1.807) is 0 Å². The first-order chi connectivity index (χ1) is 9.40. The van der Waals surface area contributed by atoms with Crippen molar-refractivity contribution >= 4 is 29.5 Å². The molecule has 1 unspecified atom stereocenters. The first-order valence-corrected chi connectivity index (χ1v) is 6.95. The third-order valence-electron chi connectivity index (χ3n) is 3.31. The predicted molar refractivity (Wildman–Crippen MR) is 74.6 cm³/mol. The number of carbonyl (C=O) groups is 3. The fourth-order valence-corrected chi connectivity index (χ4v) is 2.33. The number of alkyl halides is 1. The summed E-state index contributed by atoms with van der Waals surface area (Å²) in [5, 5.41) is 11.7. The highest BCUT2D eigenvalue weighted by Gasteiger charge is 2.35. The summed E-state index contributed by atoms with van der Waals surface area (Å²) >= 11 is 5.47. The molecule has 1 rings (SSSR count). The summed E-state index contributed by atoms with van der Waals surface area (Å²) in [6, 6.07) is -0.586. The van der Waals surface area contributed by atoms with E-state index in [0.717, 1.165) is 4.90 Å². The molecule has 20 heavy (non-hydrogen) atoms. The number of halogens is 1. The van der Waals surface area contributed by atoms with Crippen LogP contribution >= 0.6 is 11.6 Å². The number of aliphatic carboxylic acids is 1. The van der Waals surface area contributed by atoms with Crippen molar-refractivity contribution in [2.24, 2.45) is 0 Å². The van der Waals surface area contributed by atoms with Gasteiger partial charge in [0.15, 0.2) is 0 Å². The number of imide groups is 1. The van der Waals surface area contributed by atoms with Gasteiger partial charge < -0.3 is 10.4 Å². The standard InChI is InChI=1S/C13H19ClN2O4/c1-16(10(17)5-8-14)12(20)15-13(9-11(18)19)6-3-2-4-7-13/h2-3H,4-9H2,1H3,(H,15,20)(H,18,19). The van der Waals surface area contributed by atoms with Crippen LogP contribution in [-0.4, -0.2) is 46.4 Å². The van der Waals surface area contributed by atoms with Crippen LogP contribution in [0.3, 0.4) is 0 Å². The zero-order valence-electron chi connectivity index (χ0n) is 11.4. The monoisotopic (exact) mass is 302 g/mol. The number of nitrogens with one attached hydrogen (secondary N) is 1. The fraction of sp³-hybridized carbons (Fsp3) is 0.615. The molecular weight excluding hydrogens is 284 g/mol. The van der Waals surface area contributed by atoms with Crippen LogP contribution in [0.5, 0.6) is 0 Å². The van der Waals surface area contributed by atoms with Crippen molar-refractivity contribution < 1.29 is 19.5 Å². The zero-order chi connectivity index (χ0) is 15.2. The van der Waals surface area contributed by atoms with E-state index in [-0.39, 0.29) is 18.7 Å². The molecule has 112 valence electrons. The van der Waals surface area contributed by atoms with Crippen molar-refractivity contribution in [3.63, 3.8) is 0 Å². The van der Waals surface area contributed by atoms with Crippen LogP contribution in [-0.2, 0) is 9.59 Å². The summed E-state index contributed by atoms with van der Waals surface area (Å²) in [5.74, 6) is -1.23. The van der Waals surface area contributed by atoms with Crippen molar-refractivity contribution in [3.05, 3.63) is 12.2 Å². The topological polar surface area (TPSA) is 86.7 Å². The maximum Gasteiger partial charge on any atom is 0.324 e. The Kier molecular flexibility index (Phi) is 6.01. The maximum absolute atomic E-state index is 12.0. The van der Waals surface area contributed by atoms with Gasteiger partial charge >= 0.3 is 12.0 Å². The van der Waals surface area contributed by atoms with Crippen molar-refractivity contribution in [2.75, 3.05) is 12.9 Å². The number of allylic oxidation sites excluding steroid dienone is 1. The second-order valence-corrected chi connectivity index (χ2v) is 5.26. The van der Waals surface area contributed by atoms with E-state index in [4.69, 9.17) is 16.7 Å². The molecule has 3 amide bonds. The average molecular weight is 303 g/mol. The Bertz CT molecular complexity index is 425. The van der Waals surface area contributed by atoms with Crippen molar-refractivity contribution in [2.45, 2.75) is 37.6 Å². The third-order valence-corrected chi connectivity index (χ3v) is 3.50. The van der Waals surface area contributed by atoms with Crippen molar-refractivity contribution in [3.8, 4) is 0 Å². The molecule has 0 aromatic carbocycles. The molecule has 1 aliphatic rings. The molecule has 0 aromatic rings. The van der Waals surface area contributed by atoms with Gasteiger partial charge in [-0.3, -0.25) is 14.5 Å². The molecule has 7 heteroatoms. The minimum absolute atomic E-state index is 0.0668. The lowest BCUT2D eigenvalue weighted by Crippen LogP contribution is -2.55. The molecule has 0 aromatic heterocycles. The number of rotatable bonds is 5. The Hall–Kier alpha value is -1.56. The lowest BCUT2D eigenvalue weighted by molar-refractivity contribution is -0.138. The Labute approximate surface area is 122 Å². The first kappa shape index (κ1) is 16.5. The lowest BCUT2D eigenvalue weighted by atomic mass is 9.83. The summed E-state index contributed by atoms with van der Waals surface area (Å²) in [6.45, 7) is 0. The highest BCUT2D eigenvalue weighted by molar-refractivity contribution is 6.19. The van der Waals surface area contributed by atoms with E-state index in [9.17, 15) is 14.4 Å². The molecule has 0 spiro atoms. The summed E-state index contributed by atoms with van der Waals surface area (Å²) in [6.07, 6.45) is 5.40. The summed E-state index contributed by atoms with van der Waals surface area (Å²) in [7, 11) is 1.36.